The Bertz CT molecular complexity index is 1440. The van der Waals surface area contributed by atoms with Gasteiger partial charge in [-0.1, -0.05) is 72.3 Å². The highest BCUT2D eigenvalue weighted by molar-refractivity contribution is 6.31. The molecule has 0 bridgehead atoms. The van der Waals surface area contributed by atoms with Crippen molar-refractivity contribution in [3.8, 4) is 5.75 Å². The summed E-state index contributed by atoms with van der Waals surface area (Å²) in [6.45, 7) is 3.22. The average Bonchev–Trinajstić information content (AvgIpc) is 3.03. The fraction of sp³-hybridized carbons (Fsp3) is 0.333. The van der Waals surface area contributed by atoms with E-state index in [2.05, 4.69) is 16.0 Å². The van der Waals surface area contributed by atoms with Crippen molar-refractivity contribution in [2.24, 2.45) is 0 Å². The topological polar surface area (TPSA) is 126 Å². The lowest BCUT2D eigenvalue weighted by Gasteiger charge is -2.28. The number of benzene rings is 3. The maximum absolute atomic E-state index is 13.6. The van der Waals surface area contributed by atoms with Crippen LogP contribution in [0.1, 0.15) is 34.8 Å². The fourth-order valence-electron chi connectivity index (χ4n) is 4.79. The molecule has 0 saturated heterocycles. The normalized spacial score (nSPS) is 17.9. The number of para-hydroxylation sites is 1. The summed E-state index contributed by atoms with van der Waals surface area (Å²) >= 11 is 6.17. The Balaban J connectivity index is 1.50. The molecule has 3 N–H and O–H groups in total. The molecule has 3 aromatic rings. The van der Waals surface area contributed by atoms with E-state index in [1.807, 2.05) is 55.5 Å². The summed E-state index contributed by atoms with van der Waals surface area (Å²) in [6, 6.07) is 21.2. The molecule has 0 aliphatic carbocycles. The average molecular weight is 621 g/mol. The Hall–Kier alpha value is -4.41. The van der Waals surface area contributed by atoms with Gasteiger partial charge in [0.1, 0.15) is 24.4 Å². The van der Waals surface area contributed by atoms with Gasteiger partial charge in [0.2, 0.25) is 17.7 Å². The summed E-state index contributed by atoms with van der Waals surface area (Å²) in [5.41, 5.74) is 1.90. The number of carbonyl (C=O) groups excluding carboxylic acids is 4. The van der Waals surface area contributed by atoms with Crippen LogP contribution < -0.4 is 20.7 Å². The van der Waals surface area contributed by atoms with Crippen molar-refractivity contribution in [3.63, 3.8) is 0 Å². The van der Waals surface area contributed by atoms with Crippen LogP contribution in [0.3, 0.4) is 0 Å². The van der Waals surface area contributed by atoms with Gasteiger partial charge in [0, 0.05) is 24.5 Å². The molecule has 3 aromatic carbocycles. The first-order valence-electron chi connectivity index (χ1n) is 14.6. The monoisotopic (exact) mass is 620 g/mol. The van der Waals surface area contributed by atoms with E-state index in [9.17, 15) is 19.2 Å². The van der Waals surface area contributed by atoms with E-state index < -0.39 is 29.8 Å². The van der Waals surface area contributed by atoms with Gasteiger partial charge < -0.3 is 30.3 Å². The van der Waals surface area contributed by atoms with Crippen molar-refractivity contribution in [2.75, 3.05) is 32.8 Å². The number of halogens is 1. The third kappa shape index (κ3) is 9.29. The van der Waals surface area contributed by atoms with Crippen LogP contribution in [0.2, 0.25) is 5.02 Å². The smallest absolute Gasteiger partial charge is 0.255 e. The van der Waals surface area contributed by atoms with E-state index >= 15 is 0 Å². The minimum Gasteiger partial charge on any atom is -0.491 e. The van der Waals surface area contributed by atoms with Crippen LogP contribution in [0, 0.1) is 0 Å². The second kappa shape index (κ2) is 16.4. The summed E-state index contributed by atoms with van der Waals surface area (Å²) < 4.78 is 11.6. The third-order valence-corrected chi connectivity index (χ3v) is 7.50. The number of ether oxygens (including phenoxy) is 2. The lowest BCUT2D eigenvalue weighted by molar-refractivity contribution is -0.137. The van der Waals surface area contributed by atoms with Crippen LogP contribution in [0.25, 0.3) is 0 Å². The van der Waals surface area contributed by atoms with Gasteiger partial charge in [-0.05, 0) is 36.2 Å². The van der Waals surface area contributed by atoms with Gasteiger partial charge in [0.15, 0.2) is 0 Å². The molecule has 1 heterocycles. The Kier molecular flexibility index (Phi) is 12.1. The van der Waals surface area contributed by atoms with Gasteiger partial charge in [0.05, 0.1) is 31.7 Å². The van der Waals surface area contributed by atoms with Crippen molar-refractivity contribution in [1.29, 1.82) is 0 Å². The maximum atomic E-state index is 13.6. The molecule has 0 fully saturated rings. The summed E-state index contributed by atoms with van der Waals surface area (Å²) in [6.07, 6.45) is -0.122. The molecule has 1 aliphatic heterocycles. The molecule has 0 unspecified atom stereocenters. The fourth-order valence-corrected chi connectivity index (χ4v) is 4.98. The predicted molar refractivity (Wildman–Crippen MR) is 166 cm³/mol. The number of hydrogen-bond donors (Lipinski definition) is 3. The first kappa shape index (κ1) is 32.5. The second-order valence-electron chi connectivity index (χ2n) is 10.2. The van der Waals surface area contributed by atoms with Gasteiger partial charge in [0.25, 0.3) is 5.91 Å². The van der Waals surface area contributed by atoms with Crippen LogP contribution in [-0.4, -0.2) is 73.5 Å². The molecule has 4 amide bonds. The SMILES string of the molecule is CCN1CCOc2ccccc2C(=O)N[C@H](C(=O)NCCOCc2ccccc2Cl)CC(=O)N[C@@H](Cc2ccccc2)C1=O. The molecule has 11 heteroatoms. The number of nitrogens with zero attached hydrogens (tertiary/aromatic N) is 1. The Morgan fingerprint density at radius 3 is 2.50 bits per heavy atom. The number of fused-ring (bicyclic) bond motifs is 1. The quantitative estimate of drug-likeness (QED) is 0.316. The summed E-state index contributed by atoms with van der Waals surface area (Å²) in [5, 5.41) is 8.81. The molecular weight excluding hydrogens is 584 g/mol. The first-order valence-corrected chi connectivity index (χ1v) is 15.0. The Morgan fingerprint density at radius 1 is 1.00 bits per heavy atom. The summed E-state index contributed by atoms with van der Waals surface area (Å²) in [5.74, 6) is -1.64. The van der Waals surface area contributed by atoms with Crippen LogP contribution >= 0.6 is 11.6 Å². The summed E-state index contributed by atoms with van der Waals surface area (Å²) in [4.78, 5) is 55.2. The van der Waals surface area contributed by atoms with Crippen molar-refractivity contribution < 1.29 is 28.7 Å². The van der Waals surface area contributed by atoms with Crippen molar-refractivity contribution in [3.05, 3.63) is 101 Å². The number of amides is 4. The van der Waals surface area contributed by atoms with Crippen LogP contribution in [0.5, 0.6) is 5.75 Å². The third-order valence-electron chi connectivity index (χ3n) is 7.13. The Morgan fingerprint density at radius 2 is 1.73 bits per heavy atom. The van der Waals surface area contributed by atoms with Crippen LogP contribution in [0.4, 0.5) is 0 Å². The maximum Gasteiger partial charge on any atom is 0.255 e. The lowest BCUT2D eigenvalue weighted by atomic mass is 10.0. The second-order valence-corrected chi connectivity index (χ2v) is 10.6. The van der Waals surface area contributed by atoms with Gasteiger partial charge in [-0.15, -0.1) is 0 Å². The van der Waals surface area contributed by atoms with E-state index in [0.29, 0.717) is 17.3 Å². The highest BCUT2D eigenvalue weighted by Crippen LogP contribution is 2.19. The predicted octanol–water partition coefficient (Wildman–Crippen LogP) is 3.13. The molecule has 1 aliphatic rings. The zero-order valence-electron chi connectivity index (χ0n) is 24.6. The number of rotatable bonds is 9. The standard InChI is InChI=1S/C33H37ClN4O6/c1-2-38-17-19-44-29-15-9-7-13-25(29)31(40)37-27(32(41)35-16-18-43-22-24-12-6-8-14-26(24)34)21-30(39)36-28(33(38)42)20-23-10-4-3-5-11-23/h3-15,27-28H,2,16-22H2,1H3,(H,35,41)(H,36,39)(H,37,40)/t27-,28-/m0/s1. The molecule has 232 valence electrons. The van der Waals surface area contributed by atoms with Gasteiger partial charge in [-0.2, -0.15) is 0 Å². The molecule has 0 aromatic heterocycles. The molecule has 10 nitrogen and oxygen atoms in total. The van der Waals surface area contributed by atoms with E-state index in [0.717, 1.165) is 11.1 Å². The molecule has 0 radical (unpaired) electrons. The van der Waals surface area contributed by atoms with E-state index in [-0.39, 0.29) is 57.2 Å². The summed E-state index contributed by atoms with van der Waals surface area (Å²) in [7, 11) is 0. The number of nitrogens with one attached hydrogen (secondary N) is 3. The molecular formula is C33H37ClN4O6. The number of hydrogen-bond acceptors (Lipinski definition) is 6. The van der Waals surface area contributed by atoms with Crippen molar-refractivity contribution in [2.45, 2.75) is 38.5 Å². The number of carbonyl (C=O) groups is 4. The molecule has 0 spiro atoms. The minimum atomic E-state index is -1.23. The van der Waals surface area contributed by atoms with E-state index in [4.69, 9.17) is 21.1 Å². The van der Waals surface area contributed by atoms with Crippen molar-refractivity contribution >= 4 is 35.2 Å². The number of likely N-dealkylation sites (N-methyl/N-ethyl adjacent to an activating group) is 1. The van der Waals surface area contributed by atoms with Gasteiger partial charge in [-0.3, -0.25) is 19.2 Å². The molecule has 2 atom stereocenters. The van der Waals surface area contributed by atoms with Crippen LogP contribution in [0.15, 0.2) is 78.9 Å². The van der Waals surface area contributed by atoms with E-state index in [1.54, 1.807) is 35.2 Å². The van der Waals surface area contributed by atoms with Gasteiger partial charge in [-0.25, -0.2) is 0 Å². The zero-order chi connectivity index (χ0) is 31.3. The molecule has 0 saturated carbocycles. The van der Waals surface area contributed by atoms with Gasteiger partial charge >= 0.3 is 0 Å². The van der Waals surface area contributed by atoms with Crippen molar-refractivity contribution in [1.82, 2.24) is 20.9 Å². The highest BCUT2D eigenvalue weighted by Gasteiger charge is 2.30. The molecule has 4 rings (SSSR count). The van der Waals surface area contributed by atoms with E-state index in [1.165, 1.54) is 0 Å². The Labute approximate surface area is 262 Å². The zero-order valence-corrected chi connectivity index (χ0v) is 25.3. The minimum absolute atomic E-state index is 0.133. The highest BCUT2D eigenvalue weighted by atomic mass is 35.5. The first-order chi connectivity index (χ1) is 21.4. The lowest BCUT2D eigenvalue weighted by Crippen LogP contribution is -2.54. The largest absolute Gasteiger partial charge is 0.491 e. The van der Waals surface area contributed by atoms with Crippen LogP contribution in [-0.2, 0) is 32.1 Å². The molecule has 44 heavy (non-hydrogen) atoms.